The lowest BCUT2D eigenvalue weighted by molar-refractivity contribution is 0.628. The van der Waals surface area contributed by atoms with Gasteiger partial charge in [-0.25, -0.2) is 9.37 Å². The van der Waals surface area contributed by atoms with E-state index in [2.05, 4.69) is 127 Å². The Balaban J connectivity index is 1.12. The molecule has 9 rings (SSSR count). The summed E-state index contributed by atoms with van der Waals surface area (Å²) < 4.78 is 14.1. The zero-order chi connectivity index (χ0) is 35.7. The smallest absolute Gasteiger partial charge is 0.123 e. The fourth-order valence-electron chi connectivity index (χ4n) is 7.76. The van der Waals surface area contributed by atoms with Gasteiger partial charge in [-0.15, -0.1) is 0 Å². The minimum absolute atomic E-state index is 0.264. The summed E-state index contributed by atoms with van der Waals surface area (Å²) in [5.74, 6) is -0.264. The van der Waals surface area contributed by atoms with Gasteiger partial charge in [0.1, 0.15) is 5.82 Å². The van der Waals surface area contributed by atoms with Crippen molar-refractivity contribution in [1.29, 1.82) is 0 Å². The molecule has 0 unspecified atom stereocenters. The van der Waals surface area contributed by atoms with Gasteiger partial charge >= 0.3 is 0 Å². The number of aromatic nitrogens is 1. The number of rotatable bonds is 7. The van der Waals surface area contributed by atoms with Gasteiger partial charge < -0.3 is 5.73 Å². The van der Waals surface area contributed by atoms with E-state index in [1.54, 1.807) is 0 Å². The number of nitrogens with two attached hydrogens (primary N) is 1. The second-order valence-corrected chi connectivity index (χ2v) is 13.8. The third-order valence-electron chi connectivity index (χ3n) is 10.5. The highest BCUT2D eigenvalue weighted by Gasteiger charge is 2.18. The Kier molecular flexibility index (Phi) is 8.57. The third kappa shape index (κ3) is 6.27. The molecule has 2 N–H and O–H groups in total. The van der Waals surface area contributed by atoms with Crippen molar-refractivity contribution in [2.24, 2.45) is 10.7 Å². The average molecular weight is 688 g/mol. The van der Waals surface area contributed by atoms with Crippen molar-refractivity contribution >= 4 is 48.9 Å². The zero-order valence-corrected chi connectivity index (χ0v) is 29.4. The summed E-state index contributed by atoms with van der Waals surface area (Å²) in [7, 11) is 0. The highest BCUT2D eigenvalue weighted by atomic mass is 19.1. The molecule has 3 nitrogen and oxygen atoms in total. The number of aliphatic imine (C=N–C) groups is 1. The summed E-state index contributed by atoms with van der Waals surface area (Å²) in [6.07, 6.45) is 19.0. The molecule has 1 heterocycles. The van der Waals surface area contributed by atoms with Crippen LogP contribution in [-0.4, -0.2) is 10.7 Å². The summed E-state index contributed by atoms with van der Waals surface area (Å²) in [6, 6.07) is 39.0. The number of benzene rings is 6. The molecule has 0 saturated heterocycles. The summed E-state index contributed by atoms with van der Waals surface area (Å²) in [5.41, 5.74) is 16.5. The topological polar surface area (TPSA) is 51.3 Å². The van der Waals surface area contributed by atoms with Crippen LogP contribution in [0.1, 0.15) is 31.2 Å². The SMILES string of the molecule is N/C(=C\C(=NCc1ccc(-c2ccc3c(c2)nc(-c2ccc(F)cc2)c2c4ccccc4c4ccccc4c32)cc1)C1=CCCC=C1)C1=CC=CCC1. The normalized spacial score (nSPS) is 15.0. The lowest BCUT2D eigenvalue weighted by atomic mass is 9.89. The zero-order valence-electron chi connectivity index (χ0n) is 29.4. The van der Waals surface area contributed by atoms with Crippen LogP contribution in [0.15, 0.2) is 180 Å². The molecule has 0 saturated carbocycles. The number of pyridine rings is 1. The monoisotopic (exact) mass is 687 g/mol. The van der Waals surface area contributed by atoms with Crippen LogP contribution in [0.4, 0.5) is 4.39 Å². The standard InChI is InChI=1S/C49H38FN3/c50-38-26-23-36(24-27-38)49-48-42-18-10-8-16-40(42)39-15-7-9-17-41(39)47(48)43-28-25-37(29-46(43)53-49)33-21-19-32(20-22-33)31-52-45(35-13-5-2-6-14-35)30-44(51)34-11-3-1-4-12-34/h1,3,5,7-11,13-30H,2,4,6,12,31,51H2/b44-30-,52-45?. The molecule has 0 bridgehead atoms. The van der Waals surface area contributed by atoms with Crippen molar-refractivity contribution in [1.82, 2.24) is 4.98 Å². The maximum atomic E-state index is 14.1. The van der Waals surface area contributed by atoms with E-state index in [1.165, 1.54) is 28.3 Å². The van der Waals surface area contributed by atoms with E-state index in [4.69, 9.17) is 15.7 Å². The quantitative estimate of drug-likeness (QED) is 0.134. The van der Waals surface area contributed by atoms with Crippen molar-refractivity contribution in [2.75, 3.05) is 0 Å². The summed E-state index contributed by atoms with van der Waals surface area (Å²) in [4.78, 5) is 10.4. The maximum Gasteiger partial charge on any atom is 0.123 e. The number of nitrogens with zero attached hydrogens (tertiary/aromatic N) is 2. The Hall–Kier alpha value is -6.39. The molecule has 4 heteroatoms. The number of hydrogen-bond acceptors (Lipinski definition) is 3. The fraction of sp³-hybridized carbons (Fsp3) is 0.102. The Morgan fingerprint density at radius 2 is 1.40 bits per heavy atom. The van der Waals surface area contributed by atoms with E-state index in [0.717, 1.165) is 103 Å². The minimum Gasteiger partial charge on any atom is -0.398 e. The van der Waals surface area contributed by atoms with Crippen LogP contribution >= 0.6 is 0 Å². The molecule has 7 aromatic rings. The summed E-state index contributed by atoms with van der Waals surface area (Å²) in [6.45, 7) is 0.552. The molecule has 0 amide bonds. The first-order valence-corrected chi connectivity index (χ1v) is 18.4. The van der Waals surface area contributed by atoms with E-state index >= 15 is 0 Å². The van der Waals surface area contributed by atoms with Crippen molar-refractivity contribution in [2.45, 2.75) is 32.2 Å². The second kappa shape index (κ2) is 14.0. The molecule has 6 aromatic carbocycles. The summed E-state index contributed by atoms with van der Waals surface area (Å²) >= 11 is 0. The third-order valence-corrected chi connectivity index (χ3v) is 10.5. The van der Waals surface area contributed by atoms with Crippen molar-refractivity contribution in [3.05, 3.63) is 186 Å². The van der Waals surface area contributed by atoms with Gasteiger partial charge in [0.2, 0.25) is 0 Å². The molecule has 0 atom stereocenters. The second-order valence-electron chi connectivity index (χ2n) is 13.8. The number of fused-ring (bicyclic) bond motifs is 8. The van der Waals surface area contributed by atoms with E-state index in [-0.39, 0.29) is 5.82 Å². The van der Waals surface area contributed by atoms with Gasteiger partial charge in [-0.2, -0.15) is 0 Å². The van der Waals surface area contributed by atoms with Gasteiger partial charge in [-0.05, 0) is 111 Å². The molecular weight excluding hydrogens is 650 g/mol. The van der Waals surface area contributed by atoms with Crippen LogP contribution < -0.4 is 5.73 Å². The van der Waals surface area contributed by atoms with E-state index in [9.17, 15) is 4.39 Å². The van der Waals surface area contributed by atoms with Gasteiger partial charge in [0.15, 0.2) is 0 Å². The van der Waals surface area contributed by atoms with Gasteiger partial charge in [0, 0.05) is 27.4 Å². The van der Waals surface area contributed by atoms with Gasteiger partial charge in [0.25, 0.3) is 0 Å². The number of halogens is 1. The van der Waals surface area contributed by atoms with E-state index in [0.29, 0.717) is 6.54 Å². The fourth-order valence-corrected chi connectivity index (χ4v) is 7.76. The Morgan fingerprint density at radius 1 is 0.698 bits per heavy atom. The predicted molar refractivity (Wildman–Crippen MR) is 221 cm³/mol. The molecule has 0 aliphatic heterocycles. The first-order valence-electron chi connectivity index (χ1n) is 18.4. The highest BCUT2D eigenvalue weighted by Crippen LogP contribution is 2.43. The van der Waals surface area contributed by atoms with Crippen LogP contribution in [-0.2, 0) is 6.54 Å². The van der Waals surface area contributed by atoms with Crippen LogP contribution in [0.25, 0.3) is 65.6 Å². The highest BCUT2D eigenvalue weighted by molar-refractivity contribution is 6.33. The lowest BCUT2D eigenvalue weighted by Gasteiger charge is -2.17. The minimum atomic E-state index is -0.264. The van der Waals surface area contributed by atoms with Crippen LogP contribution in [0.5, 0.6) is 0 Å². The average Bonchev–Trinajstić information content (AvgIpc) is 3.22. The van der Waals surface area contributed by atoms with Crippen LogP contribution in [0.3, 0.4) is 0 Å². The van der Waals surface area contributed by atoms with Crippen LogP contribution in [0, 0.1) is 5.82 Å². The molecule has 0 fully saturated rings. The van der Waals surface area contributed by atoms with Crippen molar-refractivity contribution in [3.8, 4) is 22.4 Å². The Morgan fingerprint density at radius 3 is 2.09 bits per heavy atom. The number of hydrogen-bond donors (Lipinski definition) is 1. The first-order chi connectivity index (χ1) is 26.1. The molecule has 2 aliphatic rings. The van der Waals surface area contributed by atoms with Gasteiger partial charge in [0.05, 0.1) is 23.5 Å². The van der Waals surface area contributed by atoms with E-state index in [1.807, 2.05) is 18.2 Å². The van der Waals surface area contributed by atoms with Crippen molar-refractivity contribution in [3.63, 3.8) is 0 Å². The molecule has 2 aliphatic carbocycles. The molecule has 53 heavy (non-hydrogen) atoms. The van der Waals surface area contributed by atoms with Gasteiger partial charge in [-0.1, -0.05) is 121 Å². The Labute approximate surface area is 308 Å². The molecule has 0 radical (unpaired) electrons. The predicted octanol–water partition coefficient (Wildman–Crippen LogP) is 12.5. The maximum absolute atomic E-state index is 14.1. The number of allylic oxidation sites excluding steroid dienone is 9. The molecule has 256 valence electrons. The Bertz CT molecular complexity index is 2740. The molecule has 1 aromatic heterocycles. The first kappa shape index (κ1) is 32.5. The summed E-state index contributed by atoms with van der Waals surface area (Å²) in [5, 5.41) is 8.03. The lowest BCUT2D eigenvalue weighted by Crippen LogP contribution is -2.09. The van der Waals surface area contributed by atoms with E-state index < -0.39 is 0 Å². The molecule has 0 spiro atoms. The van der Waals surface area contributed by atoms with Gasteiger partial charge in [-0.3, -0.25) is 4.99 Å². The molecular formula is C49H38FN3. The van der Waals surface area contributed by atoms with Crippen molar-refractivity contribution < 1.29 is 4.39 Å². The van der Waals surface area contributed by atoms with Crippen LogP contribution in [0.2, 0.25) is 0 Å². The largest absolute Gasteiger partial charge is 0.398 e.